The van der Waals surface area contributed by atoms with E-state index in [0.717, 1.165) is 6.07 Å². The lowest BCUT2D eigenvalue weighted by Gasteiger charge is -2.33. The minimum Gasteiger partial charge on any atom is -0.478 e. The highest BCUT2D eigenvalue weighted by Gasteiger charge is 2.37. The van der Waals surface area contributed by atoms with Crippen LogP contribution in [0.5, 0.6) is 0 Å². The van der Waals surface area contributed by atoms with Crippen LogP contribution in [-0.4, -0.2) is 30.1 Å². The van der Waals surface area contributed by atoms with Crippen LogP contribution in [0.25, 0.3) is 0 Å². The average Bonchev–Trinajstić information content (AvgIpc) is 2.37. The van der Waals surface area contributed by atoms with E-state index in [0.29, 0.717) is 6.07 Å². The van der Waals surface area contributed by atoms with E-state index in [2.05, 4.69) is 0 Å². The predicted molar refractivity (Wildman–Crippen MR) is 64.8 cm³/mol. The molecule has 116 valence electrons. The highest BCUT2D eigenvalue weighted by molar-refractivity contribution is 5.90. The van der Waals surface area contributed by atoms with Gasteiger partial charge < -0.3 is 10.0 Å². The molecule has 0 amide bonds. The van der Waals surface area contributed by atoms with Crippen molar-refractivity contribution < 1.29 is 31.9 Å². The Hall–Kier alpha value is -1.86. The van der Waals surface area contributed by atoms with Gasteiger partial charge in [0.05, 0.1) is 11.1 Å². The second kappa shape index (κ2) is 5.16. The molecule has 1 aromatic rings. The van der Waals surface area contributed by atoms with Crippen molar-refractivity contribution in [1.82, 2.24) is 0 Å². The first kappa shape index (κ1) is 15.5. The molecule has 1 aromatic carbocycles. The highest BCUT2D eigenvalue weighted by atomic mass is 19.4. The zero-order valence-electron chi connectivity index (χ0n) is 10.8. The summed E-state index contributed by atoms with van der Waals surface area (Å²) in [5.74, 6) is -4.48. The molecule has 1 aliphatic heterocycles. The predicted octanol–water partition coefficient (Wildman–Crippen LogP) is 3.64. The number of carboxylic acids is 1. The zero-order chi connectivity index (χ0) is 15.8. The van der Waals surface area contributed by atoms with E-state index in [9.17, 15) is 26.7 Å². The fourth-order valence-corrected chi connectivity index (χ4v) is 2.24. The maximum atomic E-state index is 13.0. The molecule has 1 heterocycles. The van der Waals surface area contributed by atoms with Crippen molar-refractivity contribution in [2.24, 2.45) is 0 Å². The molecule has 0 atom stereocenters. The second-order valence-electron chi connectivity index (χ2n) is 4.88. The monoisotopic (exact) mass is 309 g/mol. The molecule has 0 spiro atoms. The minimum absolute atomic E-state index is 0.0727. The lowest BCUT2D eigenvalue weighted by atomic mass is 10.0. The summed E-state index contributed by atoms with van der Waals surface area (Å²) in [6.45, 7) is -0.145. The van der Waals surface area contributed by atoms with Crippen molar-refractivity contribution in [2.45, 2.75) is 24.9 Å². The van der Waals surface area contributed by atoms with Crippen LogP contribution in [0, 0.1) is 0 Å². The molecular formula is C13H12F5NO2. The van der Waals surface area contributed by atoms with Crippen molar-refractivity contribution >= 4 is 11.7 Å². The Morgan fingerprint density at radius 2 is 1.76 bits per heavy atom. The summed E-state index contributed by atoms with van der Waals surface area (Å²) in [7, 11) is 0. The van der Waals surface area contributed by atoms with Gasteiger partial charge in [-0.25, -0.2) is 13.6 Å². The number of hydrogen-bond donors (Lipinski definition) is 1. The van der Waals surface area contributed by atoms with Gasteiger partial charge in [-0.2, -0.15) is 13.2 Å². The number of hydrogen-bond acceptors (Lipinski definition) is 2. The van der Waals surface area contributed by atoms with Gasteiger partial charge >= 0.3 is 12.1 Å². The van der Waals surface area contributed by atoms with Crippen LogP contribution in [0.1, 0.15) is 28.8 Å². The van der Waals surface area contributed by atoms with Crippen LogP contribution >= 0.6 is 0 Å². The number of nitrogens with zero attached hydrogens (tertiary/aromatic N) is 1. The van der Waals surface area contributed by atoms with Crippen LogP contribution in [0.2, 0.25) is 0 Å². The van der Waals surface area contributed by atoms with Crippen LogP contribution in [0.3, 0.4) is 0 Å². The lowest BCUT2D eigenvalue weighted by Crippen LogP contribution is -2.39. The number of aromatic carboxylic acids is 1. The summed E-state index contributed by atoms with van der Waals surface area (Å²) < 4.78 is 64.7. The van der Waals surface area contributed by atoms with Gasteiger partial charge in [0.25, 0.3) is 5.92 Å². The molecule has 0 radical (unpaired) electrons. The Balaban J connectivity index is 2.33. The SMILES string of the molecule is O=C(O)c1ccc(N2CCC(F)(F)CC2)cc1C(F)(F)F. The van der Waals surface area contributed by atoms with E-state index < -0.39 is 42.0 Å². The Morgan fingerprint density at radius 3 is 2.24 bits per heavy atom. The summed E-state index contributed by atoms with van der Waals surface area (Å²) in [5, 5.41) is 8.79. The van der Waals surface area contributed by atoms with E-state index >= 15 is 0 Å². The van der Waals surface area contributed by atoms with Crippen molar-refractivity contribution in [3.05, 3.63) is 29.3 Å². The number of alkyl halides is 5. The molecule has 21 heavy (non-hydrogen) atoms. The van der Waals surface area contributed by atoms with Crippen LogP contribution in [-0.2, 0) is 6.18 Å². The minimum atomic E-state index is -4.82. The molecule has 2 rings (SSSR count). The first-order chi connectivity index (χ1) is 9.60. The van der Waals surface area contributed by atoms with Gasteiger partial charge in [0, 0.05) is 31.6 Å². The molecule has 8 heteroatoms. The van der Waals surface area contributed by atoms with Gasteiger partial charge in [-0.15, -0.1) is 0 Å². The molecule has 1 N–H and O–H groups in total. The zero-order valence-corrected chi connectivity index (χ0v) is 10.8. The molecule has 0 bridgehead atoms. The molecule has 0 aromatic heterocycles. The third kappa shape index (κ3) is 3.43. The summed E-state index contributed by atoms with van der Waals surface area (Å²) >= 11 is 0. The van der Waals surface area contributed by atoms with E-state index in [1.54, 1.807) is 0 Å². The molecule has 0 aliphatic carbocycles. The fourth-order valence-electron chi connectivity index (χ4n) is 2.24. The van der Waals surface area contributed by atoms with Crippen molar-refractivity contribution in [3.8, 4) is 0 Å². The first-order valence-corrected chi connectivity index (χ1v) is 6.17. The van der Waals surface area contributed by atoms with Gasteiger partial charge in [-0.1, -0.05) is 0 Å². The van der Waals surface area contributed by atoms with Crippen molar-refractivity contribution in [1.29, 1.82) is 0 Å². The quantitative estimate of drug-likeness (QED) is 0.848. The van der Waals surface area contributed by atoms with Crippen LogP contribution in [0.4, 0.5) is 27.6 Å². The maximum absolute atomic E-state index is 13.0. The average molecular weight is 309 g/mol. The van der Waals surface area contributed by atoms with Gasteiger partial charge in [-0.05, 0) is 18.2 Å². The number of halogens is 5. The molecule has 1 fully saturated rings. The molecule has 1 saturated heterocycles. The number of rotatable bonds is 2. The summed E-state index contributed by atoms with van der Waals surface area (Å²) in [6, 6.07) is 2.77. The van der Waals surface area contributed by atoms with Gasteiger partial charge in [0.15, 0.2) is 0 Å². The summed E-state index contributed by atoms with van der Waals surface area (Å²) in [6.07, 6.45) is -5.69. The van der Waals surface area contributed by atoms with E-state index in [1.807, 2.05) is 0 Å². The number of piperidine rings is 1. The Labute approximate surface area is 117 Å². The largest absolute Gasteiger partial charge is 0.478 e. The smallest absolute Gasteiger partial charge is 0.417 e. The normalized spacial score (nSPS) is 18.6. The summed E-state index contributed by atoms with van der Waals surface area (Å²) in [4.78, 5) is 12.2. The molecule has 1 aliphatic rings. The van der Waals surface area contributed by atoms with Crippen LogP contribution < -0.4 is 4.90 Å². The van der Waals surface area contributed by atoms with Gasteiger partial charge in [0.2, 0.25) is 0 Å². The molecule has 0 unspecified atom stereocenters. The van der Waals surface area contributed by atoms with Crippen LogP contribution in [0.15, 0.2) is 18.2 Å². The first-order valence-electron chi connectivity index (χ1n) is 6.17. The maximum Gasteiger partial charge on any atom is 0.417 e. The fraction of sp³-hybridized carbons (Fsp3) is 0.462. The van der Waals surface area contributed by atoms with E-state index in [1.165, 1.54) is 11.0 Å². The topological polar surface area (TPSA) is 40.5 Å². The third-order valence-electron chi connectivity index (χ3n) is 3.40. The Morgan fingerprint density at radius 1 is 1.19 bits per heavy atom. The third-order valence-corrected chi connectivity index (χ3v) is 3.40. The number of anilines is 1. The summed E-state index contributed by atoms with van der Waals surface area (Å²) in [5.41, 5.74) is -2.03. The van der Waals surface area contributed by atoms with Crippen molar-refractivity contribution in [2.75, 3.05) is 18.0 Å². The number of benzene rings is 1. The van der Waals surface area contributed by atoms with Crippen molar-refractivity contribution in [3.63, 3.8) is 0 Å². The Kier molecular flexibility index (Phi) is 3.81. The van der Waals surface area contributed by atoms with E-state index in [-0.39, 0.29) is 18.8 Å². The Bertz CT molecular complexity index is 546. The molecule has 0 saturated carbocycles. The number of carbonyl (C=O) groups is 1. The molecule has 3 nitrogen and oxygen atoms in total. The molecular weight excluding hydrogens is 297 g/mol. The second-order valence-corrected chi connectivity index (χ2v) is 4.88. The highest BCUT2D eigenvalue weighted by Crippen LogP contribution is 2.36. The van der Waals surface area contributed by atoms with Gasteiger partial charge in [-0.3, -0.25) is 0 Å². The van der Waals surface area contributed by atoms with E-state index in [4.69, 9.17) is 5.11 Å². The van der Waals surface area contributed by atoms with Gasteiger partial charge in [0.1, 0.15) is 0 Å². The standard InChI is InChI=1S/C13H12F5NO2/c14-12(15)3-5-19(6-4-12)8-1-2-9(11(20)21)10(7-8)13(16,17)18/h1-2,7H,3-6H2,(H,20,21). The number of carboxylic acid groups (broad SMARTS) is 1. The lowest BCUT2D eigenvalue weighted by molar-refractivity contribution is -0.138.